The van der Waals surface area contributed by atoms with Gasteiger partial charge >= 0.3 is 0 Å². The van der Waals surface area contributed by atoms with Gasteiger partial charge in [-0.2, -0.15) is 5.10 Å². The molecule has 0 spiro atoms. The highest BCUT2D eigenvalue weighted by molar-refractivity contribution is 5.93. The molecule has 0 bridgehead atoms. The number of nitrogens with zero attached hydrogens (tertiary/aromatic N) is 4. The molecule has 0 unspecified atom stereocenters. The van der Waals surface area contributed by atoms with Gasteiger partial charge in [0, 0.05) is 37.7 Å². The van der Waals surface area contributed by atoms with Crippen LogP contribution in [0.15, 0.2) is 30.7 Å². The molecule has 4 rings (SSSR count). The van der Waals surface area contributed by atoms with Crippen LogP contribution in [0, 0.1) is 6.92 Å². The number of hydrogen-bond acceptors (Lipinski definition) is 5. The Balaban J connectivity index is 1.57. The zero-order valence-electron chi connectivity index (χ0n) is 15.0. The molecule has 3 aromatic heterocycles. The van der Waals surface area contributed by atoms with Crippen molar-refractivity contribution in [3.8, 4) is 5.75 Å². The second-order valence-corrected chi connectivity index (χ2v) is 6.44. The molecule has 136 valence electrons. The summed E-state index contributed by atoms with van der Waals surface area (Å²) in [6, 6.07) is 3.48. The number of pyridine rings is 1. The van der Waals surface area contributed by atoms with Crippen LogP contribution in [0.2, 0.25) is 0 Å². The van der Waals surface area contributed by atoms with Crippen molar-refractivity contribution in [1.29, 1.82) is 0 Å². The van der Waals surface area contributed by atoms with E-state index in [1.807, 2.05) is 20.2 Å². The first kappa shape index (κ1) is 16.6. The molecule has 1 aliphatic heterocycles. The summed E-state index contributed by atoms with van der Waals surface area (Å²) < 4.78 is 14.6. The highest BCUT2D eigenvalue weighted by atomic mass is 16.5. The minimum Gasteiger partial charge on any atom is -0.497 e. The first-order valence-corrected chi connectivity index (χ1v) is 8.50. The van der Waals surface area contributed by atoms with Gasteiger partial charge in [0.05, 0.1) is 25.0 Å². The van der Waals surface area contributed by atoms with E-state index in [0.29, 0.717) is 23.7 Å². The number of nitrogens with one attached hydrogen (secondary N) is 1. The highest BCUT2D eigenvalue weighted by Crippen LogP contribution is 2.31. The molecule has 1 amide bonds. The molecule has 1 N–H and O–H groups in total. The minimum atomic E-state index is -0.188. The van der Waals surface area contributed by atoms with Crippen LogP contribution in [0.3, 0.4) is 0 Å². The van der Waals surface area contributed by atoms with Crippen LogP contribution >= 0.6 is 0 Å². The smallest absolute Gasteiger partial charge is 0.270 e. The van der Waals surface area contributed by atoms with Gasteiger partial charge in [-0.3, -0.25) is 13.9 Å². The van der Waals surface area contributed by atoms with Gasteiger partial charge in [0.15, 0.2) is 0 Å². The van der Waals surface area contributed by atoms with Crippen LogP contribution < -0.4 is 10.1 Å². The maximum Gasteiger partial charge on any atom is 0.270 e. The van der Waals surface area contributed by atoms with E-state index in [4.69, 9.17) is 9.47 Å². The van der Waals surface area contributed by atoms with E-state index in [-0.39, 0.29) is 18.1 Å². The third-order valence-electron chi connectivity index (χ3n) is 4.72. The molecule has 3 aromatic rings. The minimum absolute atomic E-state index is 0.103. The van der Waals surface area contributed by atoms with Crippen molar-refractivity contribution in [2.75, 3.05) is 13.7 Å². The monoisotopic (exact) mass is 355 g/mol. The van der Waals surface area contributed by atoms with Crippen molar-refractivity contribution in [1.82, 2.24) is 24.5 Å². The molecule has 2 atom stereocenters. The van der Waals surface area contributed by atoms with Crippen molar-refractivity contribution in [3.05, 3.63) is 47.7 Å². The van der Waals surface area contributed by atoms with E-state index in [1.54, 1.807) is 40.7 Å². The van der Waals surface area contributed by atoms with Crippen LogP contribution in [-0.2, 0) is 11.8 Å². The molecule has 0 saturated carbocycles. The number of ether oxygens (including phenoxy) is 2. The molecule has 26 heavy (non-hydrogen) atoms. The number of amides is 1. The lowest BCUT2D eigenvalue weighted by molar-refractivity contribution is 0.0815. The molecule has 0 aliphatic carbocycles. The molecule has 4 heterocycles. The fourth-order valence-electron chi connectivity index (χ4n) is 3.44. The van der Waals surface area contributed by atoms with Gasteiger partial charge in [-0.25, -0.2) is 4.98 Å². The van der Waals surface area contributed by atoms with Gasteiger partial charge in [0.1, 0.15) is 23.2 Å². The molecular weight excluding hydrogens is 334 g/mol. The predicted octanol–water partition coefficient (Wildman–Crippen LogP) is 1.64. The van der Waals surface area contributed by atoms with Crippen molar-refractivity contribution in [2.45, 2.75) is 25.5 Å². The fraction of sp³-hybridized carbons (Fsp3) is 0.389. The summed E-state index contributed by atoms with van der Waals surface area (Å²) in [7, 11) is 3.48. The van der Waals surface area contributed by atoms with E-state index in [9.17, 15) is 4.79 Å². The lowest BCUT2D eigenvalue weighted by Gasteiger charge is -2.19. The summed E-state index contributed by atoms with van der Waals surface area (Å²) in [5.41, 5.74) is 3.08. The number of fused-ring (bicyclic) bond motifs is 1. The van der Waals surface area contributed by atoms with Gasteiger partial charge in [0.25, 0.3) is 5.91 Å². The average molecular weight is 355 g/mol. The largest absolute Gasteiger partial charge is 0.497 e. The fourth-order valence-corrected chi connectivity index (χ4v) is 3.44. The summed E-state index contributed by atoms with van der Waals surface area (Å²) in [5, 5.41) is 7.47. The van der Waals surface area contributed by atoms with E-state index < -0.39 is 0 Å². The first-order valence-electron chi connectivity index (χ1n) is 8.50. The third-order valence-corrected chi connectivity index (χ3v) is 4.72. The number of methoxy groups -OCH3 is 1. The van der Waals surface area contributed by atoms with Crippen LogP contribution in [-0.4, -0.2) is 44.8 Å². The quantitative estimate of drug-likeness (QED) is 0.769. The molecule has 0 aromatic carbocycles. The number of rotatable bonds is 4. The molecule has 0 radical (unpaired) electrons. The summed E-state index contributed by atoms with van der Waals surface area (Å²) >= 11 is 0. The van der Waals surface area contributed by atoms with Crippen LogP contribution in [0.25, 0.3) is 5.65 Å². The molecular formula is C18H21N5O3. The van der Waals surface area contributed by atoms with E-state index >= 15 is 0 Å². The Hall–Kier alpha value is -2.87. The van der Waals surface area contributed by atoms with E-state index in [2.05, 4.69) is 15.4 Å². The Labute approximate surface area is 150 Å². The van der Waals surface area contributed by atoms with Crippen molar-refractivity contribution in [2.24, 2.45) is 7.05 Å². The summed E-state index contributed by atoms with van der Waals surface area (Å²) in [4.78, 5) is 17.1. The summed E-state index contributed by atoms with van der Waals surface area (Å²) in [6.07, 6.45) is 5.88. The number of imidazole rings is 1. The Morgan fingerprint density at radius 2 is 2.31 bits per heavy atom. The molecule has 1 saturated heterocycles. The number of aromatic nitrogens is 4. The van der Waals surface area contributed by atoms with Gasteiger partial charge in [0.2, 0.25) is 0 Å². The first-order chi connectivity index (χ1) is 12.6. The Morgan fingerprint density at radius 1 is 1.46 bits per heavy atom. The van der Waals surface area contributed by atoms with E-state index in [1.165, 1.54) is 0 Å². The average Bonchev–Trinajstić information content (AvgIpc) is 3.32. The van der Waals surface area contributed by atoms with Gasteiger partial charge < -0.3 is 14.8 Å². The maximum atomic E-state index is 12.8. The summed E-state index contributed by atoms with van der Waals surface area (Å²) in [5.74, 6) is 0.524. The number of carbonyl (C=O) groups is 1. The normalized spacial score (nSPS) is 19.8. The van der Waals surface area contributed by atoms with Crippen molar-refractivity contribution in [3.63, 3.8) is 0 Å². The van der Waals surface area contributed by atoms with E-state index in [0.717, 1.165) is 17.7 Å². The third kappa shape index (κ3) is 2.82. The van der Waals surface area contributed by atoms with Gasteiger partial charge in [-0.05, 0) is 19.4 Å². The molecule has 8 heteroatoms. The number of aryl methyl sites for hydroxylation is 2. The standard InChI is InChI=1S/C18H21N5O3/c1-11-13(10-22(2)21-11)17-14(5-7-26-17)20-18(24)15-9-19-16-8-12(25-3)4-6-23(15)16/h4,6,8-10,14,17H,5,7H2,1-3H3,(H,20,24)/t14-,17+/m0/s1. The number of carbonyl (C=O) groups excluding carboxylic acids is 1. The van der Waals surface area contributed by atoms with Crippen LogP contribution in [0.4, 0.5) is 0 Å². The zero-order valence-corrected chi connectivity index (χ0v) is 15.0. The summed E-state index contributed by atoms with van der Waals surface area (Å²) in [6.45, 7) is 2.56. The number of hydrogen-bond donors (Lipinski definition) is 1. The Kier molecular flexibility index (Phi) is 4.12. The zero-order chi connectivity index (χ0) is 18.3. The molecule has 1 fully saturated rings. The Morgan fingerprint density at radius 3 is 3.04 bits per heavy atom. The second-order valence-electron chi connectivity index (χ2n) is 6.44. The topological polar surface area (TPSA) is 82.7 Å². The highest BCUT2D eigenvalue weighted by Gasteiger charge is 2.33. The maximum absolute atomic E-state index is 12.8. The van der Waals surface area contributed by atoms with Gasteiger partial charge in [-0.15, -0.1) is 0 Å². The van der Waals surface area contributed by atoms with Crippen LogP contribution in [0.1, 0.15) is 34.3 Å². The lowest BCUT2D eigenvalue weighted by Crippen LogP contribution is -2.37. The van der Waals surface area contributed by atoms with Gasteiger partial charge in [-0.1, -0.05) is 0 Å². The SMILES string of the molecule is COc1ccn2c(C(=O)N[C@H]3CCO[C@@H]3c3cn(C)nc3C)cnc2c1. The lowest BCUT2D eigenvalue weighted by atomic mass is 10.0. The molecule has 8 nitrogen and oxygen atoms in total. The van der Waals surface area contributed by atoms with Crippen molar-refractivity contribution >= 4 is 11.6 Å². The predicted molar refractivity (Wildman–Crippen MR) is 94.3 cm³/mol. The second kappa shape index (κ2) is 6.45. The molecule has 1 aliphatic rings. The van der Waals surface area contributed by atoms with Crippen LogP contribution in [0.5, 0.6) is 5.75 Å². The van der Waals surface area contributed by atoms with Crippen molar-refractivity contribution < 1.29 is 14.3 Å². The Bertz CT molecular complexity index is 961.